The summed E-state index contributed by atoms with van der Waals surface area (Å²) in [6.45, 7) is 9.66. The van der Waals surface area contributed by atoms with Crippen molar-refractivity contribution in [1.29, 1.82) is 0 Å². The Balaban J connectivity index is 1.48. The molecule has 4 N–H and O–H groups in total. The second kappa shape index (κ2) is 11.7. The number of hydrogen-bond acceptors (Lipinski definition) is 6. The average molecular weight is 683 g/mol. The molecule has 0 aromatic heterocycles. The average Bonchev–Trinajstić information content (AvgIpc) is 3.26. The van der Waals surface area contributed by atoms with Crippen LogP contribution in [0, 0.1) is 45.3 Å². The van der Waals surface area contributed by atoms with Crippen molar-refractivity contribution < 1.29 is 34.8 Å². The van der Waals surface area contributed by atoms with Crippen LogP contribution < -0.4 is 0 Å². The molecule has 10 atom stereocenters. The van der Waals surface area contributed by atoms with Crippen LogP contribution in [0.3, 0.4) is 0 Å². The van der Waals surface area contributed by atoms with Crippen molar-refractivity contribution in [2.24, 2.45) is 45.3 Å². The fourth-order valence-electron chi connectivity index (χ4n) is 12.8. The second-order valence-corrected chi connectivity index (χ2v) is 17.6. The first-order valence-electron chi connectivity index (χ1n) is 18.8. The molecule has 268 valence electrons. The summed E-state index contributed by atoms with van der Waals surface area (Å²) in [5.74, 6) is -2.06. The summed E-state index contributed by atoms with van der Waals surface area (Å²) in [4.78, 5) is 40.7. The summed E-state index contributed by atoms with van der Waals surface area (Å²) >= 11 is 0. The van der Waals surface area contributed by atoms with E-state index in [0.717, 1.165) is 31.2 Å². The molecule has 3 fully saturated rings. The van der Waals surface area contributed by atoms with E-state index in [1.165, 1.54) is 13.0 Å². The SMILES string of the molecule is CC(=CC(O)CC(C)C1CC2(O)C=CC3(O)C4=C5C(=O)CC1(CCCCCC51CCC(=O)C(C)(C)C1C3C=Cc1ccccc1)C42C)C(=O)O. The fraction of sp³-hybridized carbons (Fsp3) is 0.605. The highest BCUT2D eigenvalue weighted by Gasteiger charge is 2.79. The van der Waals surface area contributed by atoms with Gasteiger partial charge in [-0.25, -0.2) is 4.79 Å². The number of carbonyl (C=O) groups is 3. The van der Waals surface area contributed by atoms with Gasteiger partial charge >= 0.3 is 5.97 Å². The summed E-state index contributed by atoms with van der Waals surface area (Å²) in [6.07, 6.45) is 14.2. The normalized spacial score (nSPS) is 41.7. The zero-order chi connectivity index (χ0) is 36.1. The van der Waals surface area contributed by atoms with Gasteiger partial charge in [0.1, 0.15) is 11.4 Å². The van der Waals surface area contributed by atoms with Crippen LogP contribution in [0.1, 0.15) is 104 Å². The lowest BCUT2D eigenvalue weighted by atomic mass is 9.34. The number of carboxylic acids is 1. The number of fused-ring (bicyclic) bond motifs is 1. The van der Waals surface area contributed by atoms with E-state index in [9.17, 15) is 30.0 Å². The Labute approximate surface area is 296 Å². The predicted molar refractivity (Wildman–Crippen MR) is 192 cm³/mol. The number of benzene rings is 1. The molecule has 6 aliphatic carbocycles. The third-order valence-electron chi connectivity index (χ3n) is 15.0. The minimum atomic E-state index is -1.61. The summed E-state index contributed by atoms with van der Waals surface area (Å²) in [6, 6.07) is 9.96. The van der Waals surface area contributed by atoms with Crippen molar-refractivity contribution in [3.8, 4) is 0 Å². The molecule has 0 amide bonds. The molecule has 50 heavy (non-hydrogen) atoms. The smallest absolute Gasteiger partial charge is 0.331 e. The van der Waals surface area contributed by atoms with Crippen LogP contribution in [0.2, 0.25) is 0 Å². The maximum atomic E-state index is 15.2. The molecule has 1 aromatic carbocycles. The van der Waals surface area contributed by atoms with Gasteiger partial charge in [0, 0.05) is 46.2 Å². The third kappa shape index (κ3) is 4.61. The molecule has 7 heteroatoms. The van der Waals surface area contributed by atoms with E-state index in [-0.39, 0.29) is 41.3 Å². The Bertz CT molecular complexity index is 1730. The van der Waals surface area contributed by atoms with Gasteiger partial charge < -0.3 is 20.4 Å². The lowest BCUT2D eigenvalue weighted by Crippen LogP contribution is -2.70. The molecular weight excluding hydrogens is 628 g/mol. The molecule has 0 saturated heterocycles. The number of carbonyl (C=O) groups excluding carboxylic acids is 2. The molecule has 1 aromatic rings. The molecule has 3 saturated carbocycles. The fourth-order valence-corrected chi connectivity index (χ4v) is 12.8. The largest absolute Gasteiger partial charge is 0.478 e. The maximum Gasteiger partial charge on any atom is 0.331 e. The van der Waals surface area contributed by atoms with Crippen molar-refractivity contribution in [2.75, 3.05) is 0 Å². The lowest BCUT2D eigenvalue weighted by Gasteiger charge is -2.69. The Morgan fingerprint density at radius 1 is 1.00 bits per heavy atom. The predicted octanol–water partition coefficient (Wildman–Crippen LogP) is 7.02. The van der Waals surface area contributed by atoms with E-state index < -0.39 is 50.9 Å². The van der Waals surface area contributed by atoms with E-state index in [1.807, 2.05) is 56.3 Å². The number of rotatable bonds is 7. The van der Waals surface area contributed by atoms with Crippen molar-refractivity contribution in [1.82, 2.24) is 0 Å². The first-order chi connectivity index (χ1) is 23.5. The zero-order valence-electron chi connectivity index (χ0n) is 30.2. The standard InChI is InChI=1S/C43H54O7/c1-26(22-29(44)23-27(2)37(47)48)31-24-42(49)20-21-43(50)30(15-14-28-12-8-6-9-13-28)35-38(3,4)33(46)16-19-40(35)17-10-7-11-18-41(31)25-32(45)34(40)36(43)39(41,42)5/h6,8-9,12-15,20-21,23,26,29-31,35,44,49-50H,7,10-11,16-19,22,24-25H2,1-5H3,(H,47,48). The first kappa shape index (κ1) is 35.3. The van der Waals surface area contributed by atoms with E-state index in [1.54, 1.807) is 6.08 Å². The van der Waals surface area contributed by atoms with Gasteiger partial charge in [0.2, 0.25) is 0 Å². The van der Waals surface area contributed by atoms with Crippen molar-refractivity contribution in [3.63, 3.8) is 0 Å². The second-order valence-electron chi connectivity index (χ2n) is 17.6. The number of ketones is 2. The Kier molecular flexibility index (Phi) is 8.25. The molecular formula is C43H54O7. The molecule has 0 aliphatic heterocycles. The zero-order valence-corrected chi connectivity index (χ0v) is 30.2. The Hall–Kier alpha value is -3.13. The highest BCUT2D eigenvalue weighted by molar-refractivity contribution is 6.02. The summed E-state index contributed by atoms with van der Waals surface area (Å²) in [7, 11) is 0. The van der Waals surface area contributed by atoms with Gasteiger partial charge in [-0.15, -0.1) is 0 Å². The quantitative estimate of drug-likeness (QED) is 0.180. The number of aliphatic hydroxyl groups is 3. The molecule has 2 spiro atoms. The van der Waals surface area contributed by atoms with Crippen molar-refractivity contribution in [2.45, 2.75) is 116 Å². The number of aliphatic carboxylic acids is 1. The van der Waals surface area contributed by atoms with E-state index in [2.05, 4.69) is 19.9 Å². The van der Waals surface area contributed by atoms with Crippen molar-refractivity contribution >= 4 is 23.6 Å². The maximum absolute atomic E-state index is 15.2. The van der Waals surface area contributed by atoms with E-state index >= 15 is 4.79 Å². The highest BCUT2D eigenvalue weighted by atomic mass is 16.4. The topological polar surface area (TPSA) is 132 Å². The molecule has 2 bridgehead atoms. The van der Waals surface area contributed by atoms with E-state index in [0.29, 0.717) is 43.3 Å². The van der Waals surface area contributed by atoms with Crippen LogP contribution in [0.25, 0.3) is 6.08 Å². The summed E-state index contributed by atoms with van der Waals surface area (Å²) in [5, 5.41) is 47.0. The minimum absolute atomic E-state index is 0.0392. The van der Waals surface area contributed by atoms with Gasteiger partial charge in [0.25, 0.3) is 0 Å². The third-order valence-corrected chi connectivity index (χ3v) is 15.0. The lowest BCUT2D eigenvalue weighted by molar-refractivity contribution is -0.168. The van der Waals surface area contributed by atoms with Gasteiger partial charge in [0.15, 0.2) is 5.78 Å². The first-order valence-corrected chi connectivity index (χ1v) is 18.8. The Morgan fingerprint density at radius 2 is 1.70 bits per heavy atom. The van der Waals surface area contributed by atoms with Crippen LogP contribution in [-0.2, 0) is 14.4 Å². The number of Topliss-reactive ketones (excluding diaryl/α,β-unsaturated/α-hetero) is 2. The van der Waals surface area contributed by atoms with Crippen LogP contribution in [0.4, 0.5) is 0 Å². The van der Waals surface area contributed by atoms with Gasteiger partial charge in [-0.2, -0.15) is 0 Å². The van der Waals surface area contributed by atoms with Crippen LogP contribution in [0.15, 0.2) is 71.4 Å². The highest BCUT2D eigenvalue weighted by Crippen LogP contribution is 2.80. The molecule has 7 nitrogen and oxygen atoms in total. The summed E-state index contributed by atoms with van der Waals surface area (Å²) in [5.41, 5.74) is -3.64. The minimum Gasteiger partial charge on any atom is -0.478 e. The van der Waals surface area contributed by atoms with Crippen LogP contribution in [-0.4, -0.2) is 55.3 Å². The molecule has 7 rings (SSSR count). The molecule has 6 aliphatic rings. The number of hydrogen-bond donors (Lipinski definition) is 4. The van der Waals surface area contributed by atoms with Crippen molar-refractivity contribution in [3.05, 3.63) is 76.9 Å². The van der Waals surface area contributed by atoms with Gasteiger partial charge in [0.05, 0.1) is 11.7 Å². The molecule has 0 radical (unpaired) electrons. The van der Waals surface area contributed by atoms with Gasteiger partial charge in [-0.05, 0) is 85.5 Å². The Morgan fingerprint density at radius 3 is 2.40 bits per heavy atom. The molecule has 0 heterocycles. The monoisotopic (exact) mass is 682 g/mol. The van der Waals surface area contributed by atoms with E-state index in [4.69, 9.17) is 0 Å². The summed E-state index contributed by atoms with van der Waals surface area (Å²) < 4.78 is 0. The van der Waals surface area contributed by atoms with Crippen LogP contribution in [0.5, 0.6) is 0 Å². The molecule has 10 unspecified atom stereocenters. The number of allylic oxidation sites excluding steroid dienone is 1. The number of aliphatic hydroxyl groups excluding tert-OH is 1. The number of carboxylic acid groups (broad SMARTS) is 1. The van der Waals surface area contributed by atoms with Gasteiger partial charge in [-0.1, -0.05) is 95.5 Å². The van der Waals surface area contributed by atoms with Crippen LogP contribution >= 0.6 is 0 Å². The van der Waals surface area contributed by atoms with Gasteiger partial charge in [-0.3, -0.25) is 9.59 Å².